The molecule has 18 heavy (non-hydrogen) atoms. The Bertz CT molecular complexity index is 428. The third kappa shape index (κ3) is 3.44. The molecule has 0 radical (unpaired) electrons. The first-order valence-corrected chi connectivity index (χ1v) is 6.44. The molecule has 0 spiro atoms. The highest BCUT2D eigenvalue weighted by molar-refractivity contribution is 5.91. The minimum Gasteiger partial charge on any atom is -0.339 e. The number of likely N-dealkylation sites (tertiary alicyclic amines) is 1. The first-order valence-electron chi connectivity index (χ1n) is 6.44. The number of carbonyl (C=O) groups excluding carboxylic acids is 1. The van der Waals surface area contributed by atoms with Gasteiger partial charge in [-0.15, -0.1) is 0 Å². The van der Waals surface area contributed by atoms with Crippen LogP contribution >= 0.6 is 0 Å². The van der Waals surface area contributed by atoms with Crippen LogP contribution in [0.25, 0.3) is 6.08 Å². The van der Waals surface area contributed by atoms with Crippen LogP contribution in [0.1, 0.15) is 24.0 Å². The summed E-state index contributed by atoms with van der Waals surface area (Å²) in [4.78, 5) is 13.8. The second-order valence-electron chi connectivity index (χ2n) is 4.91. The molecule has 1 aliphatic heterocycles. The summed E-state index contributed by atoms with van der Waals surface area (Å²) in [6.45, 7) is 3.60. The van der Waals surface area contributed by atoms with Crippen molar-refractivity contribution >= 4 is 12.0 Å². The molecule has 0 unspecified atom stereocenters. The molecule has 1 aromatic carbocycles. The number of nitrogens with zero attached hydrogens (tertiary/aromatic N) is 1. The summed E-state index contributed by atoms with van der Waals surface area (Å²) in [6, 6.07) is 8.39. The monoisotopic (exact) mass is 244 g/mol. The van der Waals surface area contributed by atoms with Crippen molar-refractivity contribution < 1.29 is 4.79 Å². The van der Waals surface area contributed by atoms with Crippen LogP contribution in [0, 0.1) is 6.92 Å². The number of nitrogens with two attached hydrogens (primary N) is 1. The topological polar surface area (TPSA) is 46.3 Å². The summed E-state index contributed by atoms with van der Waals surface area (Å²) >= 11 is 0. The lowest BCUT2D eigenvalue weighted by Crippen LogP contribution is -2.42. The lowest BCUT2D eigenvalue weighted by atomic mass is 10.1. The van der Waals surface area contributed by atoms with Crippen LogP contribution in [0.3, 0.4) is 0 Å². The number of carbonyl (C=O) groups is 1. The van der Waals surface area contributed by atoms with Crippen LogP contribution < -0.4 is 5.73 Å². The zero-order chi connectivity index (χ0) is 13.0. The van der Waals surface area contributed by atoms with Gasteiger partial charge in [-0.1, -0.05) is 29.8 Å². The fourth-order valence-electron chi connectivity index (χ4n) is 2.07. The minimum atomic E-state index is 0.0856. The van der Waals surface area contributed by atoms with E-state index >= 15 is 0 Å². The number of rotatable bonds is 2. The Morgan fingerprint density at radius 1 is 1.28 bits per heavy atom. The Labute approximate surface area is 108 Å². The van der Waals surface area contributed by atoms with Crippen molar-refractivity contribution in [3.05, 3.63) is 41.5 Å². The molecule has 1 aromatic rings. The maximum atomic E-state index is 11.9. The van der Waals surface area contributed by atoms with E-state index in [1.165, 1.54) is 5.56 Å². The second kappa shape index (κ2) is 5.83. The molecule has 0 aromatic heterocycles. The van der Waals surface area contributed by atoms with Gasteiger partial charge in [0.25, 0.3) is 0 Å². The molecule has 3 nitrogen and oxygen atoms in total. The van der Waals surface area contributed by atoms with Crippen molar-refractivity contribution in [3.63, 3.8) is 0 Å². The van der Waals surface area contributed by atoms with Crippen LogP contribution in [0.15, 0.2) is 30.3 Å². The molecule has 0 aliphatic carbocycles. The molecule has 0 saturated carbocycles. The largest absolute Gasteiger partial charge is 0.339 e. The van der Waals surface area contributed by atoms with E-state index in [-0.39, 0.29) is 11.9 Å². The van der Waals surface area contributed by atoms with Crippen molar-refractivity contribution in [2.24, 2.45) is 5.73 Å². The average molecular weight is 244 g/mol. The number of benzene rings is 1. The fourth-order valence-corrected chi connectivity index (χ4v) is 2.07. The molecule has 0 bridgehead atoms. The molecule has 1 heterocycles. The van der Waals surface area contributed by atoms with E-state index in [1.54, 1.807) is 6.08 Å². The number of hydrogen-bond donors (Lipinski definition) is 1. The smallest absolute Gasteiger partial charge is 0.246 e. The Hall–Kier alpha value is -1.61. The van der Waals surface area contributed by atoms with Crippen LogP contribution in [-0.2, 0) is 4.79 Å². The van der Waals surface area contributed by atoms with Crippen LogP contribution in [0.2, 0.25) is 0 Å². The maximum absolute atomic E-state index is 11.9. The highest BCUT2D eigenvalue weighted by atomic mass is 16.2. The van der Waals surface area contributed by atoms with E-state index in [4.69, 9.17) is 5.73 Å². The Morgan fingerprint density at radius 2 is 1.89 bits per heavy atom. The summed E-state index contributed by atoms with van der Waals surface area (Å²) < 4.78 is 0. The summed E-state index contributed by atoms with van der Waals surface area (Å²) in [5, 5.41) is 0. The van der Waals surface area contributed by atoms with Crippen LogP contribution in [0.5, 0.6) is 0 Å². The minimum absolute atomic E-state index is 0.0856. The number of amides is 1. The molecular weight excluding hydrogens is 224 g/mol. The number of piperidine rings is 1. The Balaban J connectivity index is 1.92. The van der Waals surface area contributed by atoms with E-state index in [0.29, 0.717) is 0 Å². The standard InChI is InChI=1S/C15H20N2O/c1-12-2-4-13(5-3-12)6-7-15(18)17-10-8-14(16)9-11-17/h2-7,14H,8-11,16H2,1H3/b7-6+. The molecule has 1 amide bonds. The molecule has 2 rings (SSSR count). The van der Waals surface area contributed by atoms with E-state index in [0.717, 1.165) is 31.5 Å². The van der Waals surface area contributed by atoms with Crippen molar-refractivity contribution in [1.82, 2.24) is 4.90 Å². The molecular formula is C15H20N2O. The summed E-state index contributed by atoms with van der Waals surface area (Å²) in [5.74, 6) is 0.0856. The first kappa shape index (κ1) is 12.8. The average Bonchev–Trinajstić information content (AvgIpc) is 2.38. The van der Waals surface area contributed by atoms with Gasteiger partial charge in [0.1, 0.15) is 0 Å². The van der Waals surface area contributed by atoms with Gasteiger partial charge in [-0.3, -0.25) is 4.79 Å². The van der Waals surface area contributed by atoms with Crippen LogP contribution in [-0.4, -0.2) is 29.9 Å². The maximum Gasteiger partial charge on any atom is 0.246 e. The lowest BCUT2D eigenvalue weighted by Gasteiger charge is -2.29. The Morgan fingerprint density at radius 3 is 2.50 bits per heavy atom. The van der Waals surface area contributed by atoms with E-state index < -0.39 is 0 Å². The molecule has 1 aliphatic rings. The predicted molar refractivity (Wildman–Crippen MR) is 74.0 cm³/mol. The van der Waals surface area contributed by atoms with Crippen molar-refractivity contribution in [3.8, 4) is 0 Å². The molecule has 1 fully saturated rings. The summed E-state index contributed by atoms with van der Waals surface area (Å²) in [6.07, 6.45) is 5.34. The second-order valence-corrected chi connectivity index (χ2v) is 4.91. The van der Waals surface area contributed by atoms with Crippen molar-refractivity contribution in [2.75, 3.05) is 13.1 Å². The quantitative estimate of drug-likeness (QED) is 0.808. The summed E-state index contributed by atoms with van der Waals surface area (Å²) in [5.41, 5.74) is 8.10. The van der Waals surface area contributed by atoms with Crippen LogP contribution in [0.4, 0.5) is 0 Å². The summed E-state index contributed by atoms with van der Waals surface area (Å²) in [7, 11) is 0. The molecule has 96 valence electrons. The highest BCUT2D eigenvalue weighted by Crippen LogP contribution is 2.10. The normalized spacial score (nSPS) is 17.3. The van der Waals surface area contributed by atoms with Crippen molar-refractivity contribution in [1.29, 1.82) is 0 Å². The van der Waals surface area contributed by atoms with Crippen molar-refractivity contribution in [2.45, 2.75) is 25.8 Å². The van der Waals surface area contributed by atoms with Gasteiger partial charge in [0, 0.05) is 25.2 Å². The zero-order valence-corrected chi connectivity index (χ0v) is 10.8. The molecule has 0 atom stereocenters. The van der Waals surface area contributed by atoms with E-state index in [9.17, 15) is 4.79 Å². The fraction of sp³-hybridized carbons (Fsp3) is 0.400. The van der Waals surface area contributed by atoms with Gasteiger partial charge in [0.2, 0.25) is 5.91 Å². The first-order chi connectivity index (χ1) is 8.65. The zero-order valence-electron chi connectivity index (χ0n) is 10.8. The number of aryl methyl sites for hydroxylation is 1. The van der Waals surface area contributed by atoms with Gasteiger partial charge in [-0.2, -0.15) is 0 Å². The SMILES string of the molecule is Cc1ccc(/C=C/C(=O)N2CCC(N)CC2)cc1. The number of hydrogen-bond acceptors (Lipinski definition) is 2. The molecule has 1 saturated heterocycles. The third-order valence-electron chi connectivity index (χ3n) is 3.35. The third-order valence-corrected chi connectivity index (χ3v) is 3.35. The lowest BCUT2D eigenvalue weighted by molar-refractivity contribution is -0.126. The van der Waals surface area contributed by atoms with Gasteiger partial charge in [0.05, 0.1) is 0 Å². The van der Waals surface area contributed by atoms with Gasteiger partial charge >= 0.3 is 0 Å². The van der Waals surface area contributed by atoms with Gasteiger partial charge in [0.15, 0.2) is 0 Å². The van der Waals surface area contributed by atoms with Gasteiger partial charge < -0.3 is 10.6 Å². The highest BCUT2D eigenvalue weighted by Gasteiger charge is 2.18. The molecule has 2 N–H and O–H groups in total. The predicted octanol–water partition coefficient (Wildman–Crippen LogP) is 1.96. The molecule has 3 heteroatoms. The van der Waals surface area contributed by atoms with Gasteiger partial charge in [-0.05, 0) is 31.4 Å². The van der Waals surface area contributed by atoms with E-state index in [2.05, 4.69) is 6.92 Å². The van der Waals surface area contributed by atoms with Gasteiger partial charge in [-0.25, -0.2) is 0 Å². The Kier molecular flexibility index (Phi) is 4.15. The van der Waals surface area contributed by atoms with E-state index in [1.807, 2.05) is 35.2 Å².